The van der Waals surface area contributed by atoms with Gasteiger partial charge in [0, 0.05) is 31.4 Å². The molecule has 1 aromatic rings. The van der Waals surface area contributed by atoms with Crippen molar-refractivity contribution in [2.45, 2.75) is 52.7 Å². The first-order valence-electron chi connectivity index (χ1n) is 8.36. The number of nitrogens with zero attached hydrogens (tertiary/aromatic N) is 4. The zero-order chi connectivity index (χ0) is 16.1. The Labute approximate surface area is 133 Å². The third-order valence-corrected chi connectivity index (χ3v) is 4.39. The number of urea groups is 1. The van der Waals surface area contributed by atoms with Gasteiger partial charge in [0.15, 0.2) is 0 Å². The molecule has 1 fully saturated rings. The van der Waals surface area contributed by atoms with E-state index in [-0.39, 0.29) is 6.03 Å². The van der Waals surface area contributed by atoms with Crippen LogP contribution in [0.4, 0.5) is 4.79 Å². The average molecular weight is 307 g/mol. The smallest absolute Gasteiger partial charge is 0.317 e. The van der Waals surface area contributed by atoms with Gasteiger partial charge in [-0.05, 0) is 39.4 Å². The lowest BCUT2D eigenvalue weighted by molar-refractivity contribution is 0.192. The topological polar surface area (TPSA) is 53.4 Å². The van der Waals surface area contributed by atoms with E-state index in [4.69, 9.17) is 0 Å². The fourth-order valence-corrected chi connectivity index (χ4v) is 3.00. The number of likely N-dealkylation sites (tertiary alicyclic amines) is 1. The maximum Gasteiger partial charge on any atom is 0.317 e. The molecule has 1 N–H and O–H groups in total. The van der Waals surface area contributed by atoms with E-state index in [9.17, 15) is 4.79 Å². The van der Waals surface area contributed by atoms with Gasteiger partial charge in [-0.2, -0.15) is 5.10 Å². The second kappa shape index (κ2) is 7.63. The molecule has 0 aromatic carbocycles. The summed E-state index contributed by atoms with van der Waals surface area (Å²) >= 11 is 0. The van der Waals surface area contributed by atoms with Crippen LogP contribution in [0.3, 0.4) is 0 Å². The number of carbonyl (C=O) groups excluding carboxylic acids is 1. The fourth-order valence-electron chi connectivity index (χ4n) is 3.00. The van der Waals surface area contributed by atoms with Crippen molar-refractivity contribution in [1.82, 2.24) is 24.9 Å². The zero-order valence-corrected chi connectivity index (χ0v) is 14.2. The third kappa shape index (κ3) is 4.00. The van der Waals surface area contributed by atoms with Crippen molar-refractivity contribution in [2.24, 2.45) is 0 Å². The van der Waals surface area contributed by atoms with E-state index in [1.807, 2.05) is 21.8 Å². The van der Waals surface area contributed by atoms with Gasteiger partial charge in [0.2, 0.25) is 0 Å². The highest BCUT2D eigenvalue weighted by atomic mass is 16.2. The van der Waals surface area contributed by atoms with Crippen molar-refractivity contribution >= 4 is 6.03 Å². The molecule has 2 heterocycles. The Hall–Kier alpha value is -1.56. The molecule has 1 aliphatic heterocycles. The van der Waals surface area contributed by atoms with E-state index in [1.165, 1.54) is 0 Å². The zero-order valence-electron chi connectivity index (χ0n) is 14.2. The van der Waals surface area contributed by atoms with Crippen molar-refractivity contribution in [3.63, 3.8) is 0 Å². The highest BCUT2D eigenvalue weighted by Gasteiger charge is 2.28. The molecule has 0 unspecified atom stereocenters. The molecule has 0 spiro atoms. The number of carbonyl (C=O) groups is 1. The molecule has 6 nitrogen and oxygen atoms in total. The highest BCUT2D eigenvalue weighted by molar-refractivity contribution is 5.74. The van der Waals surface area contributed by atoms with Crippen LogP contribution in [-0.4, -0.2) is 57.8 Å². The molecule has 0 radical (unpaired) electrons. The molecule has 1 atom stereocenters. The molecular weight excluding hydrogens is 278 g/mol. The van der Waals surface area contributed by atoms with Crippen LogP contribution in [0.25, 0.3) is 0 Å². The lowest BCUT2D eigenvalue weighted by atomic mass is 10.2. The first-order valence-corrected chi connectivity index (χ1v) is 8.36. The van der Waals surface area contributed by atoms with Crippen molar-refractivity contribution in [2.75, 3.05) is 26.2 Å². The van der Waals surface area contributed by atoms with Gasteiger partial charge in [-0.1, -0.05) is 13.8 Å². The molecule has 124 valence electrons. The van der Waals surface area contributed by atoms with Gasteiger partial charge in [-0.3, -0.25) is 9.58 Å². The van der Waals surface area contributed by atoms with Crippen LogP contribution in [0.5, 0.6) is 0 Å². The first-order chi connectivity index (χ1) is 10.5. The van der Waals surface area contributed by atoms with Gasteiger partial charge in [0.1, 0.15) is 0 Å². The largest absolute Gasteiger partial charge is 0.332 e. The summed E-state index contributed by atoms with van der Waals surface area (Å²) < 4.78 is 1.91. The summed E-state index contributed by atoms with van der Waals surface area (Å²) in [5.41, 5.74) is 0.904. The van der Waals surface area contributed by atoms with E-state index in [1.54, 1.807) is 0 Å². The van der Waals surface area contributed by atoms with Gasteiger partial charge >= 0.3 is 6.03 Å². The van der Waals surface area contributed by atoms with E-state index < -0.39 is 0 Å². The van der Waals surface area contributed by atoms with Crippen molar-refractivity contribution in [1.29, 1.82) is 0 Å². The Morgan fingerprint density at radius 2 is 2.18 bits per heavy atom. The minimum absolute atomic E-state index is 0.0220. The Morgan fingerprint density at radius 1 is 1.45 bits per heavy atom. The van der Waals surface area contributed by atoms with Gasteiger partial charge in [0.25, 0.3) is 0 Å². The summed E-state index contributed by atoms with van der Waals surface area (Å²) in [5.74, 6) is 0. The minimum atomic E-state index is 0.0220. The number of amides is 2. The molecule has 1 aromatic heterocycles. The fraction of sp³-hybridized carbons (Fsp3) is 0.750. The monoisotopic (exact) mass is 307 g/mol. The van der Waals surface area contributed by atoms with Crippen LogP contribution in [0.15, 0.2) is 12.3 Å². The number of hydrogen-bond acceptors (Lipinski definition) is 3. The third-order valence-electron chi connectivity index (χ3n) is 4.39. The van der Waals surface area contributed by atoms with Gasteiger partial charge < -0.3 is 10.2 Å². The normalized spacial score (nSPS) is 18.5. The molecule has 0 bridgehead atoms. The van der Waals surface area contributed by atoms with Gasteiger partial charge in [-0.15, -0.1) is 0 Å². The predicted octanol–water partition coefficient (Wildman–Crippen LogP) is 2.09. The van der Waals surface area contributed by atoms with Crippen LogP contribution in [-0.2, 0) is 6.54 Å². The van der Waals surface area contributed by atoms with Crippen LogP contribution >= 0.6 is 0 Å². The highest BCUT2D eigenvalue weighted by Crippen LogP contribution is 2.15. The number of hydrogen-bond donors (Lipinski definition) is 1. The summed E-state index contributed by atoms with van der Waals surface area (Å²) in [4.78, 5) is 16.6. The second-order valence-corrected chi connectivity index (χ2v) is 6.15. The summed E-state index contributed by atoms with van der Waals surface area (Å²) in [6, 6.07) is 2.83. The molecule has 2 amide bonds. The molecule has 22 heavy (non-hydrogen) atoms. The van der Waals surface area contributed by atoms with E-state index in [0.717, 1.165) is 38.3 Å². The molecule has 2 rings (SSSR count). The minimum Gasteiger partial charge on any atom is -0.332 e. The van der Waals surface area contributed by atoms with Gasteiger partial charge in [-0.25, -0.2) is 4.79 Å². The van der Waals surface area contributed by atoms with Crippen LogP contribution in [0, 0.1) is 0 Å². The quantitative estimate of drug-likeness (QED) is 0.875. The summed E-state index contributed by atoms with van der Waals surface area (Å²) in [6.45, 7) is 12.8. The average Bonchev–Trinajstić information content (AvgIpc) is 3.15. The number of likely N-dealkylation sites (N-methyl/N-ethyl adjacent to an activating group) is 1. The molecule has 1 aliphatic rings. The van der Waals surface area contributed by atoms with Crippen LogP contribution < -0.4 is 5.32 Å². The van der Waals surface area contributed by atoms with E-state index >= 15 is 0 Å². The molecule has 0 saturated carbocycles. The Balaban J connectivity index is 1.80. The Bertz CT molecular complexity index is 481. The summed E-state index contributed by atoms with van der Waals surface area (Å²) in [7, 11) is 0. The van der Waals surface area contributed by atoms with Crippen LogP contribution in [0.1, 0.15) is 45.9 Å². The summed E-state index contributed by atoms with van der Waals surface area (Å²) in [5, 5.41) is 7.43. The standard InChI is InChI=1S/C16H29N5O/c1-5-19(6-2)15-8-9-20(12-15)16(22)17-11-14-7-10-21(18-14)13(3)4/h7,10,13,15H,5-6,8-9,11-12H2,1-4H3,(H,17,22)/t15-/m1/s1. The maximum atomic E-state index is 12.3. The number of rotatable bonds is 6. The molecule has 0 aliphatic carbocycles. The molecule has 1 saturated heterocycles. The Morgan fingerprint density at radius 3 is 2.77 bits per heavy atom. The van der Waals surface area contributed by atoms with Crippen molar-refractivity contribution < 1.29 is 4.79 Å². The molecular formula is C16H29N5O. The second-order valence-electron chi connectivity index (χ2n) is 6.15. The summed E-state index contributed by atoms with van der Waals surface area (Å²) in [6.07, 6.45) is 3.02. The lowest BCUT2D eigenvalue weighted by Gasteiger charge is -2.26. The van der Waals surface area contributed by atoms with Gasteiger partial charge in [0.05, 0.1) is 12.2 Å². The maximum absolute atomic E-state index is 12.3. The van der Waals surface area contributed by atoms with E-state index in [2.05, 4.69) is 43.0 Å². The number of nitrogens with one attached hydrogen (secondary N) is 1. The van der Waals surface area contributed by atoms with Crippen molar-refractivity contribution in [3.8, 4) is 0 Å². The number of aromatic nitrogens is 2. The Kier molecular flexibility index (Phi) is 5.83. The van der Waals surface area contributed by atoms with Crippen molar-refractivity contribution in [3.05, 3.63) is 18.0 Å². The lowest BCUT2D eigenvalue weighted by Crippen LogP contribution is -2.42. The van der Waals surface area contributed by atoms with Crippen LogP contribution in [0.2, 0.25) is 0 Å². The predicted molar refractivity (Wildman–Crippen MR) is 87.7 cm³/mol. The first kappa shape index (κ1) is 16.8. The van der Waals surface area contributed by atoms with E-state index in [0.29, 0.717) is 18.6 Å². The SMILES string of the molecule is CCN(CC)[C@@H]1CCN(C(=O)NCc2ccn(C(C)C)n2)C1. The molecule has 6 heteroatoms.